The van der Waals surface area contributed by atoms with Gasteiger partial charge in [0.25, 0.3) is 5.69 Å². The SMILES string of the molecule is Cc1ccc(-c2nc3ccccc3o2)cc1N=Cc1cc([N+](=O)[O-])ccc1[O-]. The van der Waals surface area contributed by atoms with Gasteiger partial charge < -0.3 is 9.52 Å². The average molecular weight is 372 g/mol. The zero-order valence-corrected chi connectivity index (χ0v) is 14.8. The van der Waals surface area contributed by atoms with Crippen LogP contribution in [-0.4, -0.2) is 16.1 Å². The molecule has 4 rings (SSSR count). The summed E-state index contributed by atoms with van der Waals surface area (Å²) in [6.45, 7) is 1.88. The van der Waals surface area contributed by atoms with Gasteiger partial charge in [0.2, 0.25) is 5.89 Å². The number of para-hydroxylation sites is 2. The maximum Gasteiger partial charge on any atom is 0.270 e. The molecular weight excluding hydrogens is 358 g/mol. The molecule has 0 bridgehead atoms. The number of aromatic nitrogens is 1. The standard InChI is InChI=1S/C21H15N3O4/c1-13-6-7-14(21-23-17-4-2-3-5-20(17)28-21)11-18(13)22-12-15-10-16(24(26)27)8-9-19(15)25/h2-12,25H,1H3/p-1. The Hall–Kier alpha value is -4.00. The number of fused-ring (bicyclic) bond motifs is 1. The summed E-state index contributed by atoms with van der Waals surface area (Å²) < 4.78 is 5.78. The van der Waals surface area contributed by atoms with Crippen molar-refractivity contribution in [3.05, 3.63) is 81.9 Å². The molecule has 0 spiro atoms. The van der Waals surface area contributed by atoms with E-state index in [1.807, 2.05) is 43.3 Å². The Morgan fingerprint density at radius 1 is 1.11 bits per heavy atom. The lowest BCUT2D eigenvalue weighted by Gasteiger charge is -2.09. The molecule has 3 aromatic carbocycles. The molecule has 0 amide bonds. The smallest absolute Gasteiger partial charge is 0.270 e. The zero-order chi connectivity index (χ0) is 19.7. The van der Waals surface area contributed by atoms with Crippen molar-refractivity contribution in [1.29, 1.82) is 0 Å². The van der Waals surface area contributed by atoms with Crippen LogP contribution in [-0.2, 0) is 0 Å². The summed E-state index contributed by atoms with van der Waals surface area (Å²) in [5.41, 5.74) is 3.69. The second-order valence-corrected chi connectivity index (χ2v) is 6.23. The Balaban J connectivity index is 1.71. The van der Waals surface area contributed by atoms with Gasteiger partial charge >= 0.3 is 0 Å². The predicted octanol–water partition coefficient (Wildman–Crippen LogP) is 4.54. The normalized spacial score (nSPS) is 11.3. The van der Waals surface area contributed by atoms with Crippen LogP contribution >= 0.6 is 0 Å². The fourth-order valence-corrected chi connectivity index (χ4v) is 2.77. The molecule has 28 heavy (non-hydrogen) atoms. The second-order valence-electron chi connectivity index (χ2n) is 6.23. The number of non-ortho nitro benzene ring substituents is 1. The van der Waals surface area contributed by atoms with Gasteiger partial charge in [0, 0.05) is 23.9 Å². The summed E-state index contributed by atoms with van der Waals surface area (Å²) in [6.07, 6.45) is 1.34. The third-order valence-corrected chi connectivity index (χ3v) is 4.30. The molecule has 7 nitrogen and oxygen atoms in total. The summed E-state index contributed by atoms with van der Waals surface area (Å²) in [6, 6.07) is 16.6. The van der Waals surface area contributed by atoms with E-state index in [1.54, 1.807) is 6.07 Å². The molecule has 1 heterocycles. The quantitative estimate of drug-likeness (QED) is 0.297. The van der Waals surface area contributed by atoms with Crippen LogP contribution in [0.2, 0.25) is 0 Å². The molecule has 138 valence electrons. The molecule has 0 unspecified atom stereocenters. The highest BCUT2D eigenvalue weighted by Gasteiger charge is 2.10. The minimum atomic E-state index is -0.546. The van der Waals surface area contributed by atoms with E-state index in [0.717, 1.165) is 16.6 Å². The molecule has 0 fully saturated rings. The number of aliphatic imine (C=N–C) groups is 1. The largest absolute Gasteiger partial charge is 0.872 e. The minimum Gasteiger partial charge on any atom is -0.872 e. The van der Waals surface area contributed by atoms with Crippen LogP contribution in [0.4, 0.5) is 11.4 Å². The van der Waals surface area contributed by atoms with Gasteiger partial charge in [-0.05, 0) is 42.3 Å². The number of nitrogens with zero attached hydrogens (tertiary/aromatic N) is 3. The topological polar surface area (TPSA) is 105 Å². The van der Waals surface area contributed by atoms with Gasteiger partial charge in [-0.3, -0.25) is 15.1 Å². The van der Waals surface area contributed by atoms with Crippen LogP contribution in [0.3, 0.4) is 0 Å². The Morgan fingerprint density at radius 3 is 2.71 bits per heavy atom. The number of oxazole rings is 1. The van der Waals surface area contributed by atoms with E-state index in [-0.39, 0.29) is 17.0 Å². The van der Waals surface area contributed by atoms with Gasteiger partial charge in [0.1, 0.15) is 5.52 Å². The van der Waals surface area contributed by atoms with Crippen molar-refractivity contribution in [1.82, 2.24) is 4.98 Å². The van der Waals surface area contributed by atoms with Crippen LogP contribution in [0.1, 0.15) is 11.1 Å². The van der Waals surface area contributed by atoms with E-state index in [0.29, 0.717) is 17.2 Å². The minimum absolute atomic E-state index is 0.154. The first-order valence-corrected chi connectivity index (χ1v) is 8.47. The maximum absolute atomic E-state index is 11.9. The summed E-state index contributed by atoms with van der Waals surface area (Å²) in [4.78, 5) is 19.2. The van der Waals surface area contributed by atoms with Gasteiger partial charge in [-0.25, -0.2) is 4.98 Å². The van der Waals surface area contributed by atoms with E-state index in [2.05, 4.69) is 9.98 Å². The fourth-order valence-electron chi connectivity index (χ4n) is 2.77. The first-order valence-electron chi connectivity index (χ1n) is 8.47. The van der Waals surface area contributed by atoms with Crippen molar-refractivity contribution in [3.63, 3.8) is 0 Å². The van der Waals surface area contributed by atoms with Gasteiger partial charge in [-0.15, -0.1) is 0 Å². The highest BCUT2D eigenvalue weighted by molar-refractivity contribution is 5.87. The van der Waals surface area contributed by atoms with Crippen molar-refractivity contribution < 1.29 is 14.4 Å². The molecule has 0 aliphatic carbocycles. The molecule has 0 aliphatic rings. The lowest BCUT2D eigenvalue weighted by atomic mass is 10.1. The summed E-state index contributed by atoms with van der Waals surface area (Å²) >= 11 is 0. The van der Waals surface area contributed by atoms with Gasteiger partial charge in [0.05, 0.1) is 10.6 Å². The fraction of sp³-hybridized carbons (Fsp3) is 0.0476. The van der Waals surface area contributed by atoms with Crippen molar-refractivity contribution in [2.24, 2.45) is 4.99 Å². The maximum atomic E-state index is 11.9. The highest BCUT2D eigenvalue weighted by atomic mass is 16.6. The molecule has 0 radical (unpaired) electrons. The van der Waals surface area contributed by atoms with E-state index < -0.39 is 4.92 Å². The van der Waals surface area contributed by atoms with Crippen molar-refractivity contribution in [3.8, 4) is 17.2 Å². The van der Waals surface area contributed by atoms with Gasteiger partial charge in [-0.1, -0.05) is 30.0 Å². The number of nitro benzene ring substituents is 1. The Morgan fingerprint density at radius 2 is 1.93 bits per heavy atom. The number of hydrogen-bond acceptors (Lipinski definition) is 6. The number of hydrogen-bond donors (Lipinski definition) is 0. The lowest BCUT2D eigenvalue weighted by molar-refractivity contribution is -0.385. The van der Waals surface area contributed by atoms with E-state index in [1.165, 1.54) is 24.4 Å². The zero-order valence-electron chi connectivity index (χ0n) is 14.8. The van der Waals surface area contributed by atoms with E-state index >= 15 is 0 Å². The summed E-state index contributed by atoms with van der Waals surface area (Å²) in [5.74, 6) is 0.139. The van der Waals surface area contributed by atoms with Gasteiger partial charge in [-0.2, -0.15) is 0 Å². The molecular formula is C21H14N3O4-. The monoisotopic (exact) mass is 372 g/mol. The molecule has 1 aromatic heterocycles. The van der Waals surface area contributed by atoms with Crippen LogP contribution in [0, 0.1) is 17.0 Å². The van der Waals surface area contributed by atoms with Gasteiger partial charge in [0.15, 0.2) is 5.58 Å². The molecule has 7 heteroatoms. The third kappa shape index (κ3) is 3.33. The third-order valence-electron chi connectivity index (χ3n) is 4.30. The van der Waals surface area contributed by atoms with Crippen molar-refractivity contribution in [2.75, 3.05) is 0 Å². The second kappa shape index (κ2) is 6.96. The average Bonchev–Trinajstić information content (AvgIpc) is 3.12. The number of nitro groups is 1. The predicted molar refractivity (Wildman–Crippen MR) is 104 cm³/mol. The number of rotatable bonds is 4. The highest BCUT2D eigenvalue weighted by Crippen LogP contribution is 2.29. The Labute approximate surface area is 159 Å². The Bertz CT molecular complexity index is 1190. The van der Waals surface area contributed by atoms with E-state index in [9.17, 15) is 15.2 Å². The summed E-state index contributed by atoms with van der Waals surface area (Å²) in [7, 11) is 0. The number of aryl methyl sites for hydroxylation is 1. The first kappa shape index (κ1) is 17.4. The van der Waals surface area contributed by atoms with Crippen LogP contribution in [0.15, 0.2) is 70.1 Å². The first-order chi connectivity index (χ1) is 13.5. The Kier molecular flexibility index (Phi) is 4.33. The summed E-state index contributed by atoms with van der Waals surface area (Å²) in [5, 5.41) is 22.9. The number of benzene rings is 3. The molecule has 0 saturated carbocycles. The lowest BCUT2D eigenvalue weighted by Crippen LogP contribution is -1.98. The van der Waals surface area contributed by atoms with Crippen LogP contribution in [0.5, 0.6) is 5.75 Å². The molecule has 0 aliphatic heterocycles. The molecule has 0 saturated heterocycles. The van der Waals surface area contributed by atoms with Crippen LogP contribution in [0.25, 0.3) is 22.6 Å². The molecule has 0 N–H and O–H groups in total. The molecule has 4 aromatic rings. The van der Waals surface area contributed by atoms with Crippen molar-refractivity contribution in [2.45, 2.75) is 6.92 Å². The van der Waals surface area contributed by atoms with Crippen LogP contribution < -0.4 is 5.11 Å². The van der Waals surface area contributed by atoms with E-state index in [4.69, 9.17) is 4.42 Å². The molecule has 0 atom stereocenters. The van der Waals surface area contributed by atoms with Crippen molar-refractivity contribution >= 4 is 28.7 Å².